The van der Waals surface area contributed by atoms with Crippen LogP contribution < -0.4 is 5.32 Å². The highest BCUT2D eigenvalue weighted by atomic mass is 16.1. The Morgan fingerprint density at radius 3 is 2.95 bits per heavy atom. The van der Waals surface area contributed by atoms with Gasteiger partial charge in [-0.15, -0.1) is 0 Å². The normalized spacial score (nSPS) is 11.0. The molecule has 0 radical (unpaired) electrons. The highest BCUT2D eigenvalue weighted by Crippen LogP contribution is 2.12. The van der Waals surface area contributed by atoms with Gasteiger partial charge >= 0.3 is 0 Å². The molecule has 0 fully saturated rings. The lowest BCUT2D eigenvalue weighted by Crippen LogP contribution is -2.26. The number of hydrogen-bond acceptors (Lipinski definition) is 4. The lowest BCUT2D eigenvalue weighted by atomic mass is 10.2. The van der Waals surface area contributed by atoms with Gasteiger partial charge in [-0.05, 0) is 26.0 Å². The molecular formula is C14H16N6O. The van der Waals surface area contributed by atoms with E-state index in [4.69, 9.17) is 0 Å². The fourth-order valence-electron chi connectivity index (χ4n) is 2.24. The Kier molecular flexibility index (Phi) is 3.39. The van der Waals surface area contributed by atoms with Crippen LogP contribution in [0.2, 0.25) is 0 Å². The van der Waals surface area contributed by atoms with Crippen molar-refractivity contribution < 1.29 is 4.79 Å². The number of aromatic amines is 1. The summed E-state index contributed by atoms with van der Waals surface area (Å²) in [6.45, 7) is 4.05. The zero-order valence-corrected chi connectivity index (χ0v) is 11.9. The van der Waals surface area contributed by atoms with Crippen LogP contribution in [0, 0.1) is 13.8 Å². The number of nitrogens with one attached hydrogen (secondary N) is 2. The number of hydrogen-bond donors (Lipinski definition) is 2. The minimum absolute atomic E-state index is 0.0776. The van der Waals surface area contributed by atoms with Gasteiger partial charge in [0, 0.05) is 6.20 Å². The topological polar surface area (TPSA) is 88.0 Å². The van der Waals surface area contributed by atoms with Crippen molar-refractivity contribution in [1.29, 1.82) is 0 Å². The molecule has 0 spiro atoms. The van der Waals surface area contributed by atoms with Crippen LogP contribution >= 0.6 is 0 Å². The molecule has 0 unspecified atom stereocenters. The molecule has 0 atom stereocenters. The minimum atomic E-state index is -0.0776. The molecule has 0 aliphatic carbocycles. The van der Waals surface area contributed by atoms with E-state index in [0.29, 0.717) is 12.4 Å². The molecule has 2 N–H and O–H groups in total. The number of H-pyrrole nitrogens is 1. The predicted octanol–water partition coefficient (Wildman–Crippen LogP) is 0.928. The molecule has 7 heteroatoms. The molecule has 3 aromatic rings. The van der Waals surface area contributed by atoms with Gasteiger partial charge in [0.2, 0.25) is 5.91 Å². The predicted molar refractivity (Wildman–Crippen MR) is 76.6 cm³/mol. The molecule has 0 aliphatic heterocycles. The van der Waals surface area contributed by atoms with Gasteiger partial charge in [0.05, 0.1) is 24.4 Å². The molecule has 1 amide bonds. The first-order valence-electron chi connectivity index (χ1n) is 6.70. The fraction of sp³-hybridized carbons (Fsp3) is 0.286. The molecule has 3 rings (SSSR count). The van der Waals surface area contributed by atoms with Gasteiger partial charge in [-0.1, -0.05) is 6.07 Å². The van der Waals surface area contributed by atoms with Crippen LogP contribution in [-0.4, -0.2) is 30.5 Å². The highest BCUT2D eigenvalue weighted by Gasteiger charge is 2.12. The maximum atomic E-state index is 12.1. The summed E-state index contributed by atoms with van der Waals surface area (Å²) in [4.78, 5) is 20.7. The van der Waals surface area contributed by atoms with E-state index in [9.17, 15) is 4.79 Å². The van der Waals surface area contributed by atoms with Crippen LogP contribution in [0.1, 0.15) is 23.0 Å². The molecule has 0 aliphatic rings. The SMILES string of the molecule is Cc1nc(CNC(=O)Cc2c(C)nc3ccccn23)n[nH]1. The largest absolute Gasteiger partial charge is 0.348 e. The Hall–Kier alpha value is -2.70. The number of carbonyl (C=O) groups excluding carboxylic acids is 1. The third kappa shape index (κ3) is 2.76. The molecule has 0 saturated carbocycles. The molecule has 3 heterocycles. The van der Waals surface area contributed by atoms with E-state index in [-0.39, 0.29) is 12.3 Å². The lowest BCUT2D eigenvalue weighted by Gasteiger charge is -2.04. The lowest BCUT2D eigenvalue weighted by molar-refractivity contribution is -0.120. The van der Waals surface area contributed by atoms with E-state index in [1.165, 1.54) is 0 Å². The van der Waals surface area contributed by atoms with Crippen LogP contribution in [0.15, 0.2) is 24.4 Å². The molecule has 3 aromatic heterocycles. The Morgan fingerprint density at radius 1 is 1.33 bits per heavy atom. The molecule has 21 heavy (non-hydrogen) atoms. The van der Waals surface area contributed by atoms with E-state index in [0.717, 1.165) is 22.9 Å². The monoisotopic (exact) mass is 284 g/mol. The number of aromatic nitrogens is 5. The van der Waals surface area contributed by atoms with Gasteiger partial charge in [-0.25, -0.2) is 9.97 Å². The number of carbonyl (C=O) groups is 1. The summed E-state index contributed by atoms with van der Waals surface area (Å²) in [7, 11) is 0. The van der Waals surface area contributed by atoms with Gasteiger partial charge < -0.3 is 9.72 Å². The number of nitrogens with zero attached hydrogens (tertiary/aromatic N) is 4. The third-order valence-electron chi connectivity index (χ3n) is 3.24. The average molecular weight is 284 g/mol. The van der Waals surface area contributed by atoms with Crippen LogP contribution in [0.4, 0.5) is 0 Å². The van der Waals surface area contributed by atoms with E-state index in [1.807, 2.05) is 42.6 Å². The van der Waals surface area contributed by atoms with E-state index in [2.05, 4.69) is 25.5 Å². The fourth-order valence-corrected chi connectivity index (χ4v) is 2.24. The van der Waals surface area contributed by atoms with Crippen molar-refractivity contribution in [1.82, 2.24) is 29.9 Å². The highest BCUT2D eigenvalue weighted by molar-refractivity contribution is 5.78. The van der Waals surface area contributed by atoms with Crippen LogP contribution in [0.3, 0.4) is 0 Å². The number of rotatable bonds is 4. The quantitative estimate of drug-likeness (QED) is 0.746. The molecule has 0 aromatic carbocycles. The summed E-state index contributed by atoms with van der Waals surface area (Å²) in [6, 6.07) is 5.77. The molecule has 0 bridgehead atoms. The van der Waals surface area contributed by atoms with Crippen molar-refractivity contribution in [2.75, 3.05) is 0 Å². The van der Waals surface area contributed by atoms with Crippen LogP contribution in [0.5, 0.6) is 0 Å². The first-order chi connectivity index (χ1) is 10.1. The second kappa shape index (κ2) is 5.35. The average Bonchev–Trinajstić information content (AvgIpc) is 3.01. The van der Waals surface area contributed by atoms with Crippen molar-refractivity contribution in [3.8, 4) is 0 Å². The summed E-state index contributed by atoms with van der Waals surface area (Å²) in [6.07, 6.45) is 2.19. The van der Waals surface area contributed by atoms with Gasteiger partial charge in [0.15, 0.2) is 5.82 Å². The van der Waals surface area contributed by atoms with E-state index in [1.54, 1.807) is 0 Å². The van der Waals surface area contributed by atoms with Crippen molar-refractivity contribution >= 4 is 11.6 Å². The van der Waals surface area contributed by atoms with Gasteiger partial charge in [-0.2, -0.15) is 5.10 Å². The maximum Gasteiger partial charge on any atom is 0.226 e. The maximum absolute atomic E-state index is 12.1. The number of pyridine rings is 1. The molecule has 108 valence electrons. The molecule has 7 nitrogen and oxygen atoms in total. The Labute approximate surface area is 121 Å². The summed E-state index contributed by atoms with van der Waals surface area (Å²) in [5, 5.41) is 9.55. The second-order valence-electron chi connectivity index (χ2n) is 4.86. The zero-order chi connectivity index (χ0) is 14.8. The zero-order valence-electron chi connectivity index (χ0n) is 11.9. The molecule has 0 saturated heterocycles. The van der Waals surface area contributed by atoms with Gasteiger partial charge in [0.1, 0.15) is 11.5 Å². The van der Waals surface area contributed by atoms with Crippen LogP contribution in [0.25, 0.3) is 5.65 Å². The summed E-state index contributed by atoms with van der Waals surface area (Å²) in [5.74, 6) is 1.23. The number of imidazole rings is 1. The third-order valence-corrected chi connectivity index (χ3v) is 3.24. The van der Waals surface area contributed by atoms with Crippen molar-refractivity contribution in [3.05, 3.63) is 47.4 Å². The summed E-state index contributed by atoms with van der Waals surface area (Å²) >= 11 is 0. The Balaban J connectivity index is 1.70. The minimum Gasteiger partial charge on any atom is -0.348 e. The Bertz CT molecular complexity index is 788. The van der Waals surface area contributed by atoms with Gasteiger partial charge in [-0.3, -0.25) is 9.89 Å². The second-order valence-corrected chi connectivity index (χ2v) is 4.86. The van der Waals surface area contributed by atoms with Crippen molar-refractivity contribution in [2.24, 2.45) is 0 Å². The molecular weight excluding hydrogens is 268 g/mol. The van der Waals surface area contributed by atoms with Gasteiger partial charge in [0.25, 0.3) is 0 Å². The van der Waals surface area contributed by atoms with Crippen molar-refractivity contribution in [2.45, 2.75) is 26.8 Å². The first kappa shape index (κ1) is 13.3. The number of fused-ring (bicyclic) bond motifs is 1. The first-order valence-corrected chi connectivity index (χ1v) is 6.70. The Morgan fingerprint density at radius 2 is 2.19 bits per heavy atom. The van der Waals surface area contributed by atoms with Crippen LogP contribution in [-0.2, 0) is 17.8 Å². The standard InChI is InChI=1S/C14H16N6O/c1-9-11(20-6-4-3-5-13(20)16-9)7-14(21)15-8-12-17-10(2)18-19-12/h3-6H,7-8H2,1-2H3,(H,15,21)(H,17,18,19). The number of aryl methyl sites for hydroxylation is 2. The van der Waals surface area contributed by atoms with Crippen molar-refractivity contribution in [3.63, 3.8) is 0 Å². The summed E-state index contributed by atoms with van der Waals surface area (Å²) < 4.78 is 1.94. The number of amides is 1. The van der Waals surface area contributed by atoms with E-state index >= 15 is 0 Å². The van der Waals surface area contributed by atoms with E-state index < -0.39 is 0 Å². The smallest absolute Gasteiger partial charge is 0.226 e. The summed E-state index contributed by atoms with van der Waals surface area (Å²) in [5.41, 5.74) is 2.61.